The number of hydrogen-bond donors (Lipinski definition) is 1. The van der Waals surface area contributed by atoms with Gasteiger partial charge in [-0.1, -0.05) is 0 Å². The van der Waals surface area contributed by atoms with E-state index in [1.807, 2.05) is 0 Å². The maximum absolute atomic E-state index is 12.8. The molecule has 2 aliphatic heterocycles. The van der Waals surface area contributed by atoms with Crippen LogP contribution in [0.3, 0.4) is 0 Å². The SMILES string of the molecule is CN1CC[C@H]2[C@H](CCCN2C(=O)c2ccc(C(F)(F)F)cc2O)C1. The number of halogens is 3. The number of likely N-dealkylation sites (tertiary alicyclic amines) is 2. The smallest absolute Gasteiger partial charge is 0.416 e. The first kappa shape index (κ1) is 17.1. The molecule has 1 aromatic carbocycles. The van der Waals surface area contributed by atoms with Crippen molar-refractivity contribution in [1.29, 1.82) is 0 Å². The Kier molecular flexibility index (Phi) is 4.46. The monoisotopic (exact) mass is 342 g/mol. The number of rotatable bonds is 1. The highest BCUT2D eigenvalue weighted by atomic mass is 19.4. The third-order valence-electron chi connectivity index (χ3n) is 5.09. The maximum atomic E-state index is 12.8. The van der Waals surface area contributed by atoms with Crippen molar-refractivity contribution in [2.24, 2.45) is 5.92 Å². The third kappa shape index (κ3) is 3.22. The molecule has 4 nitrogen and oxygen atoms in total. The van der Waals surface area contributed by atoms with Crippen molar-refractivity contribution in [3.8, 4) is 5.75 Å². The molecule has 2 saturated heterocycles. The minimum Gasteiger partial charge on any atom is -0.507 e. The first-order valence-electron chi connectivity index (χ1n) is 8.17. The second kappa shape index (κ2) is 6.27. The van der Waals surface area contributed by atoms with E-state index in [0.717, 1.165) is 44.5 Å². The van der Waals surface area contributed by atoms with Crippen LogP contribution in [0.25, 0.3) is 0 Å². The Balaban J connectivity index is 1.83. The minimum absolute atomic E-state index is 0.0532. The summed E-state index contributed by atoms with van der Waals surface area (Å²) in [6.45, 7) is 2.40. The predicted octanol–water partition coefficient (Wildman–Crippen LogP) is 2.97. The number of aromatic hydroxyl groups is 1. The fourth-order valence-corrected chi connectivity index (χ4v) is 3.88. The quantitative estimate of drug-likeness (QED) is 0.853. The molecule has 2 heterocycles. The van der Waals surface area contributed by atoms with E-state index >= 15 is 0 Å². The van der Waals surface area contributed by atoms with Gasteiger partial charge in [0.1, 0.15) is 5.75 Å². The number of hydrogen-bond acceptors (Lipinski definition) is 3. The summed E-state index contributed by atoms with van der Waals surface area (Å²) in [5, 5.41) is 9.94. The fourth-order valence-electron chi connectivity index (χ4n) is 3.88. The lowest BCUT2D eigenvalue weighted by Crippen LogP contribution is -2.55. The van der Waals surface area contributed by atoms with Crippen molar-refractivity contribution in [3.63, 3.8) is 0 Å². The van der Waals surface area contributed by atoms with Gasteiger partial charge < -0.3 is 14.9 Å². The lowest BCUT2D eigenvalue weighted by atomic mass is 9.83. The number of nitrogens with zero attached hydrogens (tertiary/aromatic N) is 2. The van der Waals surface area contributed by atoms with Crippen LogP contribution in [0.2, 0.25) is 0 Å². The van der Waals surface area contributed by atoms with Crippen molar-refractivity contribution < 1.29 is 23.1 Å². The molecule has 0 aliphatic carbocycles. The van der Waals surface area contributed by atoms with E-state index in [2.05, 4.69) is 11.9 Å². The first-order valence-corrected chi connectivity index (χ1v) is 8.17. The van der Waals surface area contributed by atoms with Crippen molar-refractivity contribution in [2.75, 3.05) is 26.7 Å². The van der Waals surface area contributed by atoms with Crippen LogP contribution in [0, 0.1) is 5.92 Å². The van der Waals surface area contributed by atoms with Crippen LogP contribution in [0.4, 0.5) is 13.2 Å². The van der Waals surface area contributed by atoms with Gasteiger partial charge in [-0.15, -0.1) is 0 Å². The predicted molar refractivity (Wildman–Crippen MR) is 82.8 cm³/mol. The Hall–Kier alpha value is -1.76. The van der Waals surface area contributed by atoms with Crippen molar-refractivity contribution in [3.05, 3.63) is 29.3 Å². The Morgan fingerprint density at radius 2 is 2.00 bits per heavy atom. The number of phenolic OH excluding ortho intramolecular Hbond substituents is 1. The topological polar surface area (TPSA) is 43.8 Å². The summed E-state index contributed by atoms with van der Waals surface area (Å²) < 4.78 is 38.1. The zero-order chi connectivity index (χ0) is 17.5. The molecule has 24 heavy (non-hydrogen) atoms. The molecule has 0 bridgehead atoms. The Labute approximate surface area is 138 Å². The standard InChI is InChI=1S/C17H21F3N2O2/c1-21-8-6-14-11(10-21)3-2-7-22(14)16(24)13-5-4-12(9-15(13)23)17(18,19)20/h4-5,9,11,14,23H,2-3,6-8,10H2,1H3/t11-,14+/m1/s1. The van der Waals surface area contributed by atoms with Gasteiger partial charge in [-0.3, -0.25) is 4.79 Å². The van der Waals surface area contributed by atoms with Crippen molar-refractivity contribution >= 4 is 5.91 Å². The van der Waals surface area contributed by atoms with Gasteiger partial charge in [-0.2, -0.15) is 13.2 Å². The number of benzene rings is 1. The van der Waals surface area contributed by atoms with E-state index in [-0.39, 0.29) is 17.5 Å². The maximum Gasteiger partial charge on any atom is 0.416 e. The second-order valence-electron chi connectivity index (χ2n) is 6.75. The summed E-state index contributed by atoms with van der Waals surface area (Å²) in [6, 6.07) is 2.66. The number of carbonyl (C=O) groups is 1. The van der Waals surface area contributed by atoms with Gasteiger partial charge in [0.25, 0.3) is 5.91 Å². The molecule has 0 radical (unpaired) electrons. The van der Waals surface area contributed by atoms with Gasteiger partial charge in [0.05, 0.1) is 11.1 Å². The molecular formula is C17H21F3N2O2. The van der Waals surface area contributed by atoms with E-state index in [4.69, 9.17) is 0 Å². The van der Waals surface area contributed by atoms with Crippen LogP contribution in [0.15, 0.2) is 18.2 Å². The van der Waals surface area contributed by atoms with Crippen LogP contribution < -0.4 is 0 Å². The molecule has 7 heteroatoms. The van der Waals surface area contributed by atoms with E-state index in [0.29, 0.717) is 18.5 Å². The van der Waals surface area contributed by atoms with E-state index in [1.165, 1.54) is 0 Å². The van der Waals surface area contributed by atoms with E-state index < -0.39 is 17.5 Å². The average Bonchev–Trinajstić information content (AvgIpc) is 2.52. The van der Waals surface area contributed by atoms with Gasteiger partial charge in [0.15, 0.2) is 0 Å². The molecule has 0 spiro atoms. The van der Waals surface area contributed by atoms with Crippen LogP contribution in [0.1, 0.15) is 35.2 Å². The molecule has 3 rings (SSSR count). The normalized spacial score (nSPS) is 25.4. The van der Waals surface area contributed by atoms with Crippen LogP contribution in [-0.4, -0.2) is 53.5 Å². The molecule has 0 saturated carbocycles. The zero-order valence-corrected chi connectivity index (χ0v) is 13.5. The van der Waals surface area contributed by atoms with E-state index in [9.17, 15) is 23.1 Å². The number of piperidine rings is 2. The Bertz CT molecular complexity index is 633. The number of amides is 1. The summed E-state index contributed by atoms with van der Waals surface area (Å²) in [5.41, 5.74) is -1.00. The molecule has 1 N–H and O–H groups in total. The summed E-state index contributed by atoms with van der Waals surface area (Å²) in [6.07, 6.45) is -1.75. The van der Waals surface area contributed by atoms with Crippen LogP contribution in [0.5, 0.6) is 5.75 Å². The molecule has 2 aliphatic rings. The number of alkyl halides is 3. The zero-order valence-electron chi connectivity index (χ0n) is 13.5. The third-order valence-corrected chi connectivity index (χ3v) is 5.09. The number of phenols is 1. The largest absolute Gasteiger partial charge is 0.507 e. The molecule has 132 valence electrons. The van der Waals surface area contributed by atoms with Gasteiger partial charge in [0, 0.05) is 19.1 Å². The molecule has 0 unspecified atom stereocenters. The molecule has 1 amide bonds. The van der Waals surface area contributed by atoms with Crippen LogP contribution >= 0.6 is 0 Å². The highest BCUT2D eigenvalue weighted by Crippen LogP contribution is 2.35. The minimum atomic E-state index is -4.54. The second-order valence-corrected chi connectivity index (χ2v) is 6.75. The summed E-state index contributed by atoms with van der Waals surface area (Å²) in [5.74, 6) is -0.594. The summed E-state index contributed by atoms with van der Waals surface area (Å²) >= 11 is 0. The first-order chi connectivity index (χ1) is 11.3. The van der Waals surface area contributed by atoms with Crippen molar-refractivity contribution in [1.82, 2.24) is 9.80 Å². The van der Waals surface area contributed by atoms with Crippen LogP contribution in [-0.2, 0) is 6.18 Å². The molecule has 1 aromatic rings. The van der Waals surface area contributed by atoms with Gasteiger partial charge in [0.2, 0.25) is 0 Å². The average molecular weight is 342 g/mol. The van der Waals surface area contributed by atoms with Gasteiger partial charge in [-0.25, -0.2) is 0 Å². The highest BCUT2D eigenvalue weighted by molar-refractivity contribution is 5.97. The molecule has 0 aromatic heterocycles. The lowest BCUT2D eigenvalue weighted by molar-refractivity contribution is -0.137. The molecule has 2 atom stereocenters. The number of fused-ring (bicyclic) bond motifs is 1. The van der Waals surface area contributed by atoms with Gasteiger partial charge >= 0.3 is 6.18 Å². The fraction of sp³-hybridized carbons (Fsp3) is 0.588. The molecule has 2 fully saturated rings. The van der Waals surface area contributed by atoms with Crippen molar-refractivity contribution in [2.45, 2.75) is 31.5 Å². The summed E-state index contributed by atoms with van der Waals surface area (Å²) in [4.78, 5) is 16.8. The van der Waals surface area contributed by atoms with E-state index in [1.54, 1.807) is 4.90 Å². The highest BCUT2D eigenvalue weighted by Gasteiger charge is 2.38. The number of carbonyl (C=O) groups excluding carboxylic acids is 1. The summed E-state index contributed by atoms with van der Waals surface area (Å²) in [7, 11) is 2.05. The Morgan fingerprint density at radius 3 is 2.67 bits per heavy atom. The molecular weight excluding hydrogens is 321 g/mol. The lowest BCUT2D eigenvalue weighted by Gasteiger charge is -2.46. The Morgan fingerprint density at radius 1 is 1.25 bits per heavy atom. The van der Waals surface area contributed by atoms with Gasteiger partial charge in [-0.05, 0) is 57.0 Å².